The average Bonchev–Trinajstić information content (AvgIpc) is 4.17. The minimum atomic E-state index is -0.910. The van der Waals surface area contributed by atoms with Crippen LogP contribution in [-0.4, -0.2) is 73.0 Å². The van der Waals surface area contributed by atoms with Crippen LogP contribution in [0.3, 0.4) is 0 Å². The zero-order chi connectivity index (χ0) is 47.8. The molecule has 5 aromatic rings. The smallest absolute Gasteiger partial charge is 0.408 e. The molecule has 0 spiro atoms. The van der Waals surface area contributed by atoms with Crippen molar-refractivity contribution in [3.8, 4) is 11.3 Å². The van der Waals surface area contributed by atoms with Gasteiger partial charge in [-0.05, 0) is 133 Å². The molecule has 358 valence electrons. The van der Waals surface area contributed by atoms with Gasteiger partial charge in [0.2, 0.25) is 5.89 Å². The van der Waals surface area contributed by atoms with Crippen LogP contribution in [0.1, 0.15) is 164 Å². The Balaban J connectivity index is 0.846. The highest BCUT2D eigenvalue weighted by Gasteiger charge is 2.52. The fraction of sp³-hybridized carbons (Fsp3) is 0.481. The molecular weight excluding hydrogens is 859 g/mol. The summed E-state index contributed by atoms with van der Waals surface area (Å²) in [6.45, 7) is 11.9. The molecule has 14 heteroatoms. The van der Waals surface area contributed by atoms with Crippen molar-refractivity contribution >= 4 is 24.0 Å². The fourth-order valence-electron chi connectivity index (χ4n) is 11.0. The first-order valence-electron chi connectivity index (χ1n) is 24.3. The summed E-state index contributed by atoms with van der Waals surface area (Å²) in [5.74, 6) is 1.78. The summed E-state index contributed by atoms with van der Waals surface area (Å²) in [5.41, 5.74) is 3.20. The number of H-pyrrole nitrogens is 1. The van der Waals surface area contributed by atoms with E-state index in [1.165, 1.54) is 5.56 Å². The number of aromatic amines is 1. The van der Waals surface area contributed by atoms with Gasteiger partial charge in [0, 0.05) is 18.5 Å². The highest BCUT2D eigenvalue weighted by Crippen LogP contribution is 2.59. The number of likely N-dealkylation sites (tertiary alicyclic amines) is 2. The number of imidazole rings is 1. The first-order chi connectivity index (χ1) is 32.5. The molecule has 4 heterocycles. The van der Waals surface area contributed by atoms with Gasteiger partial charge < -0.3 is 39.3 Å². The predicted molar refractivity (Wildman–Crippen MR) is 256 cm³/mol. The number of nitrogens with zero attached hydrogens (tertiary/aromatic N) is 4. The van der Waals surface area contributed by atoms with Crippen molar-refractivity contribution in [1.82, 2.24) is 35.4 Å². The van der Waals surface area contributed by atoms with Crippen LogP contribution in [0, 0.1) is 0 Å². The summed E-state index contributed by atoms with van der Waals surface area (Å²) in [6.07, 6.45) is 11.7. The monoisotopic (exact) mass is 923 g/mol. The molecule has 0 unspecified atom stereocenters. The maximum Gasteiger partial charge on any atom is 0.408 e. The van der Waals surface area contributed by atoms with E-state index in [2.05, 4.69) is 39.9 Å². The van der Waals surface area contributed by atoms with E-state index < -0.39 is 35.5 Å². The Labute approximate surface area is 399 Å². The highest BCUT2D eigenvalue weighted by atomic mass is 16.6. The number of fused-ring (bicyclic) bond motifs is 3. The normalized spacial score (nSPS) is 23.5. The molecule has 0 radical (unpaired) electrons. The van der Waals surface area contributed by atoms with E-state index in [1.54, 1.807) is 41.5 Å². The van der Waals surface area contributed by atoms with Crippen molar-refractivity contribution in [3.05, 3.63) is 131 Å². The summed E-state index contributed by atoms with van der Waals surface area (Å²) in [7, 11) is 0. The minimum Gasteiger partial charge on any atom is -0.444 e. The lowest BCUT2D eigenvalue weighted by atomic mass is 9.51. The number of ether oxygens (including phenoxy) is 2. The van der Waals surface area contributed by atoms with Crippen LogP contribution in [0.2, 0.25) is 0 Å². The third-order valence-corrected chi connectivity index (χ3v) is 14.5. The van der Waals surface area contributed by atoms with Crippen LogP contribution in [0.25, 0.3) is 11.3 Å². The molecule has 68 heavy (non-hydrogen) atoms. The molecule has 2 aliphatic heterocycles. The van der Waals surface area contributed by atoms with E-state index in [-0.39, 0.29) is 34.7 Å². The van der Waals surface area contributed by atoms with Crippen molar-refractivity contribution in [2.45, 2.75) is 152 Å². The number of oxazole rings is 1. The Morgan fingerprint density at radius 3 is 1.65 bits per heavy atom. The molecule has 5 fully saturated rings. The summed E-state index contributed by atoms with van der Waals surface area (Å²) >= 11 is 0. The van der Waals surface area contributed by atoms with Crippen molar-refractivity contribution in [3.63, 3.8) is 0 Å². The van der Waals surface area contributed by atoms with Crippen LogP contribution in [-0.2, 0) is 29.9 Å². The molecule has 4 amide bonds. The largest absolute Gasteiger partial charge is 0.444 e. The second kappa shape index (κ2) is 18.6. The van der Waals surface area contributed by atoms with E-state index in [1.807, 2.05) is 82.9 Å². The van der Waals surface area contributed by atoms with Crippen LogP contribution < -0.4 is 10.6 Å². The van der Waals surface area contributed by atoms with Gasteiger partial charge >= 0.3 is 12.2 Å². The molecule has 3 saturated carbocycles. The van der Waals surface area contributed by atoms with Crippen LogP contribution >= 0.6 is 0 Å². The third-order valence-electron chi connectivity index (χ3n) is 14.5. The SMILES string of the molecule is CC(C)(C)OC(=O)N[C@@H](C(=O)N1CCC[C@H]1c1ncc(-c2ccc(C34CCC(c5cnc([C@@H]6CCCN6C(=O)[C@H](NC(=O)OC(C)(C)C)c6ccccc6)o5)(CC3)CC4)cc2)[nH]1)c1ccccc1. The molecule has 3 aliphatic carbocycles. The quantitative estimate of drug-likeness (QED) is 0.117. The molecular formula is C54H65N7O7. The fourth-order valence-corrected chi connectivity index (χ4v) is 11.0. The van der Waals surface area contributed by atoms with E-state index in [4.69, 9.17) is 23.9 Å². The third kappa shape index (κ3) is 9.77. The predicted octanol–water partition coefficient (Wildman–Crippen LogP) is 10.5. The Kier molecular flexibility index (Phi) is 12.7. The second-order valence-corrected chi connectivity index (χ2v) is 21.2. The molecule has 3 aromatic carbocycles. The van der Waals surface area contributed by atoms with Gasteiger partial charge in [0.05, 0.1) is 24.1 Å². The Morgan fingerprint density at radius 2 is 1.13 bits per heavy atom. The molecule has 10 rings (SSSR count). The van der Waals surface area contributed by atoms with E-state index in [0.717, 1.165) is 87.1 Å². The van der Waals surface area contributed by atoms with E-state index >= 15 is 0 Å². The molecule has 2 bridgehead atoms. The summed E-state index contributed by atoms with van der Waals surface area (Å²) < 4.78 is 17.8. The van der Waals surface area contributed by atoms with Gasteiger partial charge in [-0.2, -0.15) is 0 Å². The summed E-state index contributed by atoms with van der Waals surface area (Å²) in [5, 5.41) is 5.68. The van der Waals surface area contributed by atoms with Crippen molar-refractivity contribution in [2.24, 2.45) is 0 Å². The Morgan fingerprint density at radius 1 is 0.647 bits per heavy atom. The maximum atomic E-state index is 14.3. The average molecular weight is 924 g/mol. The zero-order valence-electron chi connectivity index (χ0n) is 40.2. The number of hydrogen-bond donors (Lipinski definition) is 3. The standard InChI is InChI=1S/C54H65N7O7/c1-51(2,3)67-49(64)58-43(36-15-9-7-10-16-36)47(62)60-31-13-19-40(60)45-55-33-39(57-45)35-21-23-38(24-22-35)53-25-28-54(29-26-53,30-27-53)42-34-56-46(66-42)41-20-14-32-61(41)48(63)44(37-17-11-8-12-18-37)59-50(65)68-52(4,5)6/h7-12,15-18,21-24,33-34,40-41,43-44H,13-14,19-20,25-32H2,1-6H3,(H,55,57)(H,58,64)(H,59,65)/t40-,41-,43+,44+,53?,54?/m0/s1. The van der Waals surface area contributed by atoms with Gasteiger partial charge in [-0.15, -0.1) is 0 Å². The minimum absolute atomic E-state index is 0.0812. The first kappa shape index (κ1) is 46.7. The van der Waals surface area contributed by atoms with Gasteiger partial charge in [0.15, 0.2) is 0 Å². The molecule has 4 atom stereocenters. The van der Waals surface area contributed by atoms with Crippen LogP contribution in [0.4, 0.5) is 9.59 Å². The van der Waals surface area contributed by atoms with Gasteiger partial charge in [0.1, 0.15) is 40.9 Å². The topological polar surface area (TPSA) is 172 Å². The van der Waals surface area contributed by atoms with E-state index in [9.17, 15) is 19.2 Å². The highest BCUT2D eigenvalue weighted by molar-refractivity contribution is 5.88. The molecule has 5 aliphatic rings. The lowest BCUT2D eigenvalue weighted by molar-refractivity contribution is -0.135. The van der Waals surface area contributed by atoms with E-state index in [0.29, 0.717) is 30.1 Å². The number of nitrogens with one attached hydrogen (secondary N) is 3. The summed E-state index contributed by atoms with van der Waals surface area (Å²) in [6, 6.07) is 25.1. The van der Waals surface area contributed by atoms with Gasteiger partial charge in [-0.25, -0.2) is 19.6 Å². The lowest BCUT2D eigenvalue weighted by Gasteiger charge is -2.53. The second-order valence-electron chi connectivity index (χ2n) is 21.2. The summed E-state index contributed by atoms with van der Waals surface area (Å²) in [4.78, 5) is 71.2. The number of alkyl carbamates (subject to hydrolysis) is 2. The number of aromatic nitrogens is 3. The molecule has 2 saturated heterocycles. The van der Waals surface area contributed by atoms with Gasteiger partial charge in [-0.1, -0.05) is 84.9 Å². The number of benzene rings is 3. The molecule has 14 nitrogen and oxygen atoms in total. The lowest BCUT2D eigenvalue weighted by Crippen LogP contribution is -2.46. The van der Waals surface area contributed by atoms with Crippen molar-refractivity contribution in [2.75, 3.05) is 13.1 Å². The number of carbonyl (C=O) groups is 4. The van der Waals surface area contributed by atoms with Crippen molar-refractivity contribution < 1.29 is 33.1 Å². The van der Waals surface area contributed by atoms with Gasteiger partial charge in [0.25, 0.3) is 11.8 Å². The number of hydrogen-bond acceptors (Lipinski definition) is 9. The maximum absolute atomic E-state index is 14.3. The number of amides is 4. The molecule has 2 aromatic heterocycles. The Hall–Kier alpha value is -6.44. The Bertz CT molecular complexity index is 2570. The number of rotatable bonds is 11. The zero-order valence-corrected chi connectivity index (χ0v) is 40.2. The number of carbonyl (C=O) groups excluding carboxylic acids is 4. The van der Waals surface area contributed by atoms with Gasteiger partial charge in [-0.3, -0.25) is 9.59 Å². The van der Waals surface area contributed by atoms with Crippen LogP contribution in [0.5, 0.6) is 0 Å². The van der Waals surface area contributed by atoms with Crippen LogP contribution in [0.15, 0.2) is 102 Å². The first-order valence-corrected chi connectivity index (χ1v) is 24.3. The van der Waals surface area contributed by atoms with Crippen molar-refractivity contribution in [1.29, 1.82) is 0 Å². The molecule has 3 N–H and O–H groups in total.